The zero-order valence-electron chi connectivity index (χ0n) is 9.65. The van der Waals surface area contributed by atoms with Crippen molar-refractivity contribution in [2.75, 3.05) is 5.32 Å². The Morgan fingerprint density at radius 2 is 2.11 bits per heavy atom. The Balaban J connectivity index is 2.14. The molecule has 2 rings (SSSR count). The van der Waals surface area contributed by atoms with E-state index in [0.29, 0.717) is 11.4 Å². The van der Waals surface area contributed by atoms with Crippen LogP contribution in [0.15, 0.2) is 23.7 Å². The van der Waals surface area contributed by atoms with Gasteiger partial charge in [-0.2, -0.15) is 17.5 Å². The van der Waals surface area contributed by atoms with Crippen LogP contribution in [0.3, 0.4) is 0 Å². The molecule has 2 aromatic heterocycles. The summed E-state index contributed by atoms with van der Waals surface area (Å²) in [5, 5.41) is 4.20. The third-order valence-corrected chi connectivity index (χ3v) is 3.03. The van der Waals surface area contributed by atoms with Crippen LogP contribution in [-0.4, -0.2) is 15.3 Å². The minimum Gasteiger partial charge on any atom is -0.320 e. The molecule has 0 saturated carbocycles. The van der Waals surface area contributed by atoms with E-state index in [1.54, 1.807) is 12.3 Å². The number of nitrogens with zero attached hydrogens (tertiary/aromatic N) is 2. The van der Waals surface area contributed by atoms with Gasteiger partial charge in [0.2, 0.25) is 0 Å². The average Bonchev–Trinajstić information content (AvgIpc) is 2.74. The first-order chi connectivity index (χ1) is 8.88. The molecule has 0 atom stereocenters. The number of alkyl halides is 3. The van der Waals surface area contributed by atoms with Crippen LogP contribution in [0.4, 0.5) is 18.9 Å². The number of nitrogens with one attached hydrogen (secondary N) is 1. The highest BCUT2D eigenvalue weighted by atomic mass is 32.1. The zero-order chi connectivity index (χ0) is 14.0. The number of anilines is 1. The van der Waals surface area contributed by atoms with E-state index in [1.165, 1.54) is 11.5 Å². The van der Waals surface area contributed by atoms with Gasteiger partial charge in [0.15, 0.2) is 0 Å². The summed E-state index contributed by atoms with van der Waals surface area (Å²) < 4.78 is 40.9. The molecule has 1 amide bonds. The molecule has 0 saturated heterocycles. The molecule has 0 radical (unpaired) electrons. The van der Waals surface area contributed by atoms with Crippen LogP contribution < -0.4 is 5.32 Å². The van der Waals surface area contributed by atoms with Crippen LogP contribution in [0.2, 0.25) is 0 Å². The van der Waals surface area contributed by atoms with Gasteiger partial charge in [0.05, 0.1) is 16.9 Å². The van der Waals surface area contributed by atoms with Crippen LogP contribution in [0.25, 0.3) is 0 Å². The van der Waals surface area contributed by atoms with E-state index in [2.05, 4.69) is 14.7 Å². The van der Waals surface area contributed by atoms with Crippen LogP contribution >= 0.6 is 11.5 Å². The lowest BCUT2D eigenvalue weighted by molar-refractivity contribution is -0.141. The summed E-state index contributed by atoms with van der Waals surface area (Å²) in [5.41, 5.74) is 0.212. The first-order valence-corrected chi connectivity index (χ1v) is 5.97. The van der Waals surface area contributed by atoms with Gasteiger partial charge in [0.1, 0.15) is 5.69 Å². The summed E-state index contributed by atoms with van der Waals surface area (Å²) >= 11 is 1.18. The molecule has 0 fully saturated rings. The number of aromatic nitrogens is 2. The molecule has 100 valence electrons. The van der Waals surface area contributed by atoms with E-state index in [-0.39, 0.29) is 5.56 Å². The molecule has 4 nitrogen and oxygen atoms in total. The lowest BCUT2D eigenvalue weighted by Gasteiger charge is -2.07. The Morgan fingerprint density at radius 3 is 2.58 bits per heavy atom. The summed E-state index contributed by atoms with van der Waals surface area (Å²) in [6.07, 6.45) is -3.61. The largest absolute Gasteiger partial charge is 0.433 e. The number of hydrogen-bond acceptors (Lipinski definition) is 4. The quantitative estimate of drug-likeness (QED) is 0.923. The standard InChI is InChI=1S/C11H8F3N3OS/c1-6-8(5-19-17-6)16-10(18)7-2-3-9(15-4-7)11(12,13)14/h2-5H,1H3,(H,16,18). The number of pyridine rings is 1. The molecule has 1 N–H and O–H groups in total. The smallest absolute Gasteiger partial charge is 0.320 e. The predicted molar refractivity (Wildman–Crippen MR) is 64.0 cm³/mol. The molecule has 19 heavy (non-hydrogen) atoms. The van der Waals surface area contributed by atoms with Gasteiger partial charge in [-0.05, 0) is 30.6 Å². The fourth-order valence-electron chi connectivity index (χ4n) is 1.30. The second kappa shape index (κ2) is 4.96. The van der Waals surface area contributed by atoms with Gasteiger partial charge in [-0.15, -0.1) is 0 Å². The van der Waals surface area contributed by atoms with Crippen molar-refractivity contribution in [3.05, 3.63) is 40.7 Å². The van der Waals surface area contributed by atoms with Gasteiger partial charge in [0, 0.05) is 11.6 Å². The third-order valence-electron chi connectivity index (χ3n) is 2.31. The molecule has 0 aliphatic rings. The van der Waals surface area contributed by atoms with Gasteiger partial charge in [0.25, 0.3) is 5.91 Å². The minimum absolute atomic E-state index is 0.0543. The van der Waals surface area contributed by atoms with Crippen molar-refractivity contribution in [3.8, 4) is 0 Å². The summed E-state index contributed by atoms with van der Waals surface area (Å²) in [6, 6.07) is 1.86. The number of halogens is 3. The molecule has 0 aliphatic heterocycles. The molecule has 2 aromatic rings. The van der Waals surface area contributed by atoms with Crippen molar-refractivity contribution in [3.63, 3.8) is 0 Å². The maximum absolute atomic E-state index is 12.3. The van der Waals surface area contributed by atoms with Gasteiger partial charge in [-0.3, -0.25) is 9.78 Å². The second-order valence-electron chi connectivity index (χ2n) is 3.70. The molecule has 0 bridgehead atoms. The number of hydrogen-bond donors (Lipinski definition) is 1. The highest BCUT2D eigenvalue weighted by Crippen LogP contribution is 2.27. The summed E-state index contributed by atoms with van der Waals surface area (Å²) in [5.74, 6) is -0.524. The molecule has 2 heterocycles. The van der Waals surface area contributed by atoms with Crippen molar-refractivity contribution in [2.24, 2.45) is 0 Å². The topological polar surface area (TPSA) is 54.9 Å². The normalized spacial score (nSPS) is 11.4. The fourth-order valence-corrected chi connectivity index (χ4v) is 1.95. The summed E-state index contributed by atoms with van der Waals surface area (Å²) in [7, 11) is 0. The Kier molecular flexibility index (Phi) is 3.52. The van der Waals surface area contributed by atoms with Gasteiger partial charge >= 0.3 is 6.18 Å². The Labute approximate surface area is 110 Å². The van der Waals surface area contributed by atoms with Crippen LogP contribution in [0.5, 0.6) is 0 Å². The SMILES string of the molecule is Cc1nscc1NC(=O)c1ccc(C(F)(F)F)nc1. The minimum atomic E-state index is -4.51. The Hall–Kier alpha value is -1.96. The highest BCUT2D eigenvalue weighted by molar-refractivity contribution is 7.04. The van der Waals surface area contributed by atoms with E-state index in [1.807, 2.05) is 0 Å². The molecule has 8 heteroatoms. The monoisotopic (exact) mass is 287 g/mol. The number of aryl methyl sites for hydroxylation is 1. The van der Waals surface area contributed by atoms with E-state index in [4.69, 9.17) is 0 Å². The van der Waals surface area contributed by atoms with E-state index < -0.39 is 17.8 Å². The van der Waals surface area contributed by atoms with Crippen molar-refractivity contribution in [2.45, 2.75) is 13.1 Å². The molecular weight excluding hydrogens is 279 g/mol. The van der Waals surface area contributed by atoms with E-state index in [9.17, 15) is 18.0 Å². The maximum Gasteiger partial charge on any atom is 0.433 e. The number of carbonyl (C=O) groups is 1. The first-order valence-electron chi connectivity index (χ1n) is 5.13. The van der Waals surface area contributed by atoms with Crippen LogP contribution in [0, 0.1) is 6.92 Å². The highest BCUT2D eigenvalue weighted by Gasteiger charge is 2.32. The van der Waals surface area contributed by atoms with Gasteiger partial charge < -0.3 is 5.32 Å². The predicted octanol–water partition coefficient (Wildman–Crippen LogP) is 3.12. The molecule has 0 unspecified atom stereocenters. The molecule has 0 aromatic carbocycles. The van der Waals surface area contributed by atoms with Gasteiger partial charge in [-0.25, -0.2) is 0 Å². The number of carbonyl (C=O) groups excluding carboxylic acids is 1. The average molecular weight is 287 g/mol. The molecule has 0 aliphatic carbocycles. The molecular formula is C11H8F3N3OS. The van der Waals surface area contributed by atoms with Crippen molar-refractivity contribution in [1.82, 2.24) is 9.36 Å². The number of amides is 1. The van der Waals surface area contributed by atoms with Crippen molar-refractivity contribution >= 4 is 23.1 Å². The van der Waals surface area contributed by atoms with E-state index >= 15 is 0 Å². The molecule has 0 spiro atoms. The van der Waals surface area contributed by atoms with Crippen LogP contribution in [-0.2, 0) is 6.18 Å². The third kappa shape index (κ3) is 3.08. The summed E-state index contributed by atoms with van der Waals surface area (Å²) in [4.78, 5) is 15.0. The first kappa shape index (κ1) is 13.5. The lowest BCUT2D eigenvalue weighted by Crippen LogP contribution is -2.14. The van der Waals surface area contributed by atoms with Crippen molar-refractivity contribution in [1.29, 1.82) is 0 Å². The van der Waals surface area contributed by atoms with Gasteiger partial charge in [-0.1, -0.05) is 0 Å². The fraction of sp³-hybridized carbons (Fsp3) is 0.182. The van der Waals surface area contributed by atoms with E-state index in [0.717, 1.165) is 18.3 Å². The van der Waals surface area contributed by atoms with Crippen LogP contribution in [0.1, 0.15) is 21.7 Å². The van der Waals surface area contributed by atoms with Crippen molar-refractivity contribution < 1.29 is 18.0 Å². The zero-order valence-corrected chi connectivity index (χ0v) is 10.5. The lowest BCUT2D eigenvalue weighted by atomic mass is 10.2. The second-order valence-corrected chi connectivity index (χ2v) is 4.33. The number of rotatable bonds is 2. The maximum atomic E-state index is 12.3. The summed E-state index contributed by atoms with van der Waals surface area (Å²) in [6.45, 7) is 1.72. The Morgan fingerprint density at radius 1 is 1.37 bits per heavy atom. The Bertz CT molecular complexity index is 592.